The summed E-state index contributed by atoms with van der Waals surface area (Å²) in [5, 5.41) is 5.10. The van der Waals surface area contributed by atoms with Gasteiger partial charge in [-0.25, -0.2) is 26.5 Å². The third-order valence-corrected chi connectivity index (χ3v) is 5.35. The molecule has 0 aliphatic rings. The van der Waals surface area contributed by atoms with Crippen molar-refractivity contribution < 1.29 is 26.0 Å². The van der Waals surface area contributed by atoms with Crippen molar-refractivity contribution in [2.24, 2.45) is 5.14 Å². The summed E-state index contributed by atoms with van der Waals surface area (Å²) in [6.45, 7) is 0. The smallest absolute Gasteiger partial charge is 0.266 e. The molecule has 0 fully saturated rings. The summed E-state index contributed by atoms with van der Waals surface area (Å²) in [7, 11) is -4.32. The quantitative estimate of drug-likeness (QED) is 0.592. The topological polar surface area (TPSA) is 114 Å². The van der Waals surface area contributed by atoms with Gasteiger partial charge in [-0.3, -0.25) is 4.55 Å². The number of anilines is 1. The van der Waals surface area contributed by atoms with Gasteiger partial charge in [0.1, 0.15) is 16.5 Å². The molecule has 1 unspecified atom stereocenters. The minimum absolute atomic E-state index is 0.229. The zero-order chi connectivity index (χ0) is 20.3. The summed E-state index contributed by atoms with van der Waals surface area (Å²) < 4.78 is 64.3. The number of benzene rings is 2. The molecule has 2 aromatic carbocycles. The molecule has 7 nitrogen and oxygen atoms in total. The van der Waals surface area contributed by atoms with E-state index < -0.39 is 32.0 Å². The highest BCUT2D eigenvalue weighted by Gasteiger charge is 2.21. The van der Waals surface area contributed by atoms with Gasteiger partial charge in [0, 0.05) is 11.8 Å². The molecule has 1 atom stereocenters. The summed E-state index contributed by atoms with van der Waals surface area (Å²) >= 11 is -2.62. The van der Waals surface area contributed by atoms with Gasteiger partial charge in [-0.1, -0.05) is 24.3 Å². The van der Waals surface area contributed by atoms with Gasteiger partial charge in [0.25, 0.3) is 11.3 Å². The van der Waals surface area contributed by atoms with Crippen LogP contribution in [0.1, 0.15) is 5.56 Å². The van der Waals surface area contributed by atoms with Crippen LogP contribution < -0.4 is 9.44 Å². The highest BCUT2D eigenvalue weighted by Crippen LogP contribution is 2.27. The Kier molecular flexibility index (Phi) is 5.75. The largest absolute Gasteiger partial charge is 0.464 e. The van der Waals surface area contributed by atoms with Crippen LogP contribution in [0.4, 0.5) is 10.1 Å². The maximum absolute atomic E-state index is 13.4. The summed E-state index contributed by atoms with van der Waals surface area (Å²) in [6, 6.07) is 13.4. The van der Waals surface area contributed by atoms with Crippen LogP contribution in [0, 0.1) is 5.82 Å². The van der Waals surface area contributed by atoms with Crippen LogP contribution in [0.15, 0.2) is 76.4 Å². The first kappa shape index (κ1) is 20.0. The average Bonchev–Trinajstić information content (AvgIpc) is 3.17. The predicted octanol–water partition coefficient (Wildman–Crippen LogP) is 3.35. The molecule has 146 valence electrons. The molecule has 0 aliphatic carbocycles. The van der Waals surface area contributed by atoms with Crippen LogP contribution in [0.25, 0.3) is 17.4 Å². The fourth-order valence-electron chi connectivity index (χ4n) is 2.47. The molecule has 0 bridgehead atoms. The molecule has 1 heterocycles. The predicted molar refractivity (Wildman–Crippen MR) is 104 cm³/mol. The van der Waals surface area contributed by atoms with Crippen molar-refractivity contribution in [3.8, 4) is 11.3 Å². The van der Waals surface area contributed by atoms with Gasteiger partial charge in [-0.15, -0.1) is 0 Å². The highest BCUT2D eigenvalue weighted by atomic mass is 32.2. The first-order valence-corrected chi connectivity index (χ1v) is 10.4. The Labute approximate surface area is 163 Å². The van der Waals surface area contributed by atoms with E-state index in [1.807, 2.05) is 6.07 Å². The SMILES string of the molecule is NS(=O)(=O)c1cc(F)ccc1N(C=Cc1ccc(-c2ccco2)cc1)S(=O)O. The van der Waals surface area contributed by atoms with E-state index in [2.05, 4.69) is 0 Å². The second-order valence-corrected chi connectivity index (χ2v) is 8.01. The molecule has 0 saturated carbocycles. The molecule has 10 heteroatoms. The Balaban J connectivity index is 1.93. The molecule has 0 spiro atoms. The third kappa shape index (κ3) is 4.54. The lowest BCUT2D eigenvalue weighted by Gasteiger charge is -2.18. The number of hydrogen-bond donors (Lipinski definition) is 2. The molecule has 3 aromatic rings. The highest BCUT2D eigenvalue weighted by molar-refractivity contribution is 7.89. The molecule has 3 N–H and O–H groups in total. The van der Waals surface area contributed by atoms with E-state index in [9.17, 15) is 21.6 Å². The van der Waals surface area contributed by atoms with Crippen LogP contribution in [-0.2, 0) is 21.3 Å². The number of primary sulfonamides is 1. The van der Waals surface area contributed by atoms with E-state index in [1.165, 1.54) is 12.3 Å². The maximum atomic E-state index is 13.4. The first-order chi connectivity index (χ1) is 13.3. The number of sulfonamides is 1. The second kappa shape index (κ2) is 8.07. The van der Waals surface area contributed by atoms with Crippen LogP contribution in [-0.4, -0.2) is 17.2 Å². The van der Waals surface area contributed by atoms with Crippen molar-refractivity contribution in [3.63, 3.8) is 0 Å². The minimum atomic E-state index is -4.32. The fraction of sp³-hybridized carbons (Fsp3) is 0. The molecule has 0 amide bonds. The van der Waals surface area contributed by atoms with Crippen LogP contribution in [0.5, 0.6) is 0 Å². The summed E-state index contributed by atoms with van der Waals surface area (Å²) in [4.78, 5) is -0.604. The molecule has 28 heavy (non-hydrogen) atoms. The number of halogens is 1. The van der Waals surface area contributed by atoms with E-state index >= 15 is 0 Å². The number of hydrogen-bond acceptors (Lipinski definition) is 4. The zero-order valence-electron chi connectivity index (χ0n) is 14.2. The lowest BCUT2D eigenvalue weighted by molar-refractivity contribution is 0.563. The molecular formula is C18H15FN2O5S2. The van der Waals surface area contributed by atoms with Crippen molar-refractivity contribution in [2.75, 3.05) is 4.31 Å². The first-order valence-electron chi connectivity index (χ1n) is 7.80. The van der Waals surface area contributed by atoms with E-state index in [0.717, 1.165) is 22.0 Å². The lowest BCUT2D eigenvalue weighted by atomic mass is 10.1. The van der Waals surface area contributed by atoms with Gasteiger partial charge in [-0.05, 0) is 42.0 Å². The van der Waals surface area contributed by atoms with Gasteiger partial charge in [0.05, 0.1) is 12.0 Å². The molecular weight excluding hydrogens is 407 g/mol. The van der Waals surface area contributed by atoms with Gasteiger partial charge in [-0.2, -0.15) is 0 Å². The Bertz CT molecular complexity index is 1130. The van der Waals surface area contributed by atoms with Crippen LogP contribution in [0.2, 0.25) is 0 Å². The Hall–Kier alpha value is -2.79. The number of nitrogens with zero attached hydrogens (tertiary/aromatic N) is 1. The number of rotatable bonds is 6. The number of nitrogens with two attached hydrogens (primary N) is 1. The van der Waals surface area contributed by atoms with E-state index in [1.54, 1.807) is 36.6 Å². The molecule has 3 rings (SSSR count). The van der Waals surface area contributed by atoms with E-state index in [0.29, 0.717) is 17.4 Å². The maximum Gasteiger partial charge on any atom is 0.266 e. The van der Waals surface area contributed by atoms with Crippen LogP contribution >= 0.6 is 0 Å². The van der Waals surface area contributed by atoms with Gasteiger partial charge < -0.3 is 4.42 Å². The van der Waals surface area contributed by atoms with Gasteiger partial charge in [0.2, 0.25) is 10.0 Å². The van der Waals surface area contributed by atoms with Crippen molar-refractivity contribution in [1.29, 1.82) is 0 Å². The normalized spacial score (nSPS) is 13.0. The van der Waals surface area contributed by atoms with Gasteiger partial charge in [0.15, 0.2) is 0 Å². The standard InChI is InChI=1S/C18H15FN2O5S2/c19-15-7-8-16(18(12-15)28(20,24)25)21(27(22)23)10-9-13-3-5-14(6-4-13)17-2-1-11-26-17/h1-12H,(H,22,23)(H2,20,24,25). The third-order valence-electron chi connectivity index (χ3n) is 3.75. The van der Waals surface area contributed by atoms with E-state index in [-0.39, 0.29) is 5.69 Å². The fourth-order valence-corrected chi connectivity index (χ4v) is 3.75. The van der Waals surface area contributed by atoms with Crippen molar-refractivity contribution in [1.82, 2.24) is 0 Å². The van der Waals surface area contributed by atoms with Crippen molar-refractivity contribution in [3.05, 3.63) is 78.4 Å². The Morgan fingerprint density at radius 2 is 1.86 bits per heavy atom. The Morgan fingerprint density at radius 1 is 1.14 bits per heavy atom. The molecule has 1 aromatic heterocycles. The second-order valence-electron chi connectivity index (χ2n) is 5.63. The van der Waals surface area contributed by atoms with Crippen molar-refractivity contribution in [2.45, 2.75) is 4.90 Å². The molecule has 0 aliphatic heterocycles. The molecule has 0 radical (unpaired) electrons. The van der Waals surface area contributed by atoms with E-state index in [4.69, 9.17) is 9.56 Å². The molecule has 0 saturated heterocycles. The summed E-state index contributed by atoms with van der Waals surface area (Å²) in [6.07, 6.45) is 4.26. The Morgan fingerprint density at radius 3 is 2.43 bits per heavy atom. The zero-order valence-corrected chi connectivity index (χ0v) is 15.9. The van der Waals surface area contributed by atoms with Gasteiger partial charge >= 0.3 is 0 Å². The lowest BCUT2D eigenvalue weighted by Crippen LogP contribution is -2.23. The number of furan rings is 1. The monoisotopic (exact) mass is 422 g/mol. The van der Waals surface area contributed by atoms with Crippen LogP contribution in [0.3, 0.4) is 0 Å². The van der Waals surface area contributed by atoms with Crippen molar-refractivity contribution >= 4 is 33.1 Å². The summed E-state index contributed by atoms with van der Waals surface area (Å²) in [5.74, 6) is -0.147. The average molecular weight is 422 g/mol. The minimum Gasteiger partial charge on any atom is -0.464 e. The summed E-state index contributed by atoms with van der Waals surface area (Å²) in [5.41, 5.74) is 1.29.